The molecule has 0 aliphatic rings. The summed E-state index contributed by atoms with van der Waals surface area (Å²) in [7, 11) is -3.48. The predicted molar refractivity (Wildman–Crippen MR) is 103 cm³/mol. The first-order valence-electron chi connectivity index (χ1n) is 8.03. The molecule has 0 aliphatic carbocycles. The predicted octanol–water partition coefficient (Wildman–Crippen LogP) is 5.60. The number of aryl methyl sites for hydroxylation is 3. The van der Waals surface area contributed by atoms with Crippen molar-refractivity contribution in [1.82, 2.24) is 0 Å². The summed E-state index contributed by atoms with van der Waals surface area (Å²) < 4.78 is 25.6. The third-order valence-corrected chi connectivity index (χ3v) is 6.96. The Bertz CT molecular complexity index is 987. The van der Waals surface area contributed by atoms with E-state index >= 15 is 0 Å². The van der Waals surface area contributed by atoms with Gasteiger partial charge in [0.25, 0.3) is 0 Å². The molecule has 0 saturated heterocycles. The maximum Gasteiger partial charge on any atom is 0.206 e. The van der Waals surface area contributed by atoms with E-state index in [1.807, 2.05) is 32.0 Å². The van der Waals surface area contributed by atoms with Crippen molar-refractivity contribution in [2.24, 2.45) is 0 Å². The maximum absolute atomic E-state index is 12.8. The second kappa shape index (κ2) is 7.06. The van der Waals surface area contributed by atoms with Crippen LogP contribution in [0.5, 0.6) is 0 Å². The first-order chi connectivity index (χ1) is 11.9. The van der Waals surface area contributed by atoms with Gasteiger partial charge in [0, 0.05) is 9.79 Å². The summed E-state index contributed by atoms with van der Waals surface area (Å²) in [5.41, 5.74) is 3.29. The highest BCUT2D eigenvalue weighted by Crippen LogP contribution is 2.30. The van der Waals surface area contributed by atoms with Crippen LogP contribution in [0, 0.1) is 20.8 Å². The summed E-state index contributed by atoms with van der Waals surface area (Å²) in [5, 5.41) is 0. The Kier molecular flexibility index (Phi) is 5.02. The van der Waals surface area contributed by atoms with Gasteiger partial charge in [-0.1, -0.05) is 35.5 Å². The van der Waals surface area contributed by atoms with Gasteiger partial charge in [0.05, 0.1) is 9.79 Å². The minimum Gasteiger partial charge on any atom is -0.219 e. The van der Waals surface area contributed by atoms with Gasteiger partial charge in [-0.05, 0) is 80.4 Å². The third-order valence-electron chi connectivity index (χ3n) is 4.18. The van der Waals surface area contributed by atoms with Crippen LogP contribution < -0.4 is 0 Å². The van der Waals surface area contributed by atoms with E-state index in [4.69, 9.17) is 0 Å². The summed E-state index contributed by atoms with van der Waals surface area (Å²) >= 11 is 1.62. The highest BCUT2D eigenvalue weighted by molar-refractivity contribution is 7.99. The number of hydrogen-bond acceptors (Lipinski definition) is 3. The standard InChI is InChI=1S/C21H20O2S2/c1-15-4-7-18(8-5-15)24-19-9-12-20(13-10-19)25(22,23)21-11-6-16(2)17(3)14-21/h4-14H,1-3H3. The molecule has 0 heterocycles. The average Bonchev–Trinajstić information content (AvgIpc) is 2.60. The lowest BCUT2D eigenvalue weighted by Crippen LogP contribution is -2.02. The fourth-order valence-electron chi connectivity index (χ4n) is 2.45. The van der Waals surface area contributed by atoms with Crippen molar-refractivity contribution in [2.75, 3.05) is 0 Å². The molecule has 0 radical (unpaired) electrons. The van der Waals surface area contributed by atoms with Crippen LogP contribution in [0.15, 0.2) is 86.3 Å². The van der Waals surface area contributed by atoms with E-state index in [0.717, 1.165) is 20.9 Å². The lowest BCUT2D eigenvalue weighted by atomic mass is 10.1. The third kappa shape index (κ3) is 3.97. The van der Waals surface area contributed by atoms with Crippen molar-refractivity contribution < 1.29 is 8.42 Å². The van der Waals surface area contributed by atoms with Gasteiger partial charge in [0.2, 0.25) is 9.84 Å². The molecule has 25 heavy (non-hydrogen) atoms. The van der Waals surface area contributed by atoms with E-state index < -0.39 is 9.84 Å². The van der Waals surface area contributed by atoms with Crippen LogP contribution >= 0.6 is 11.8 Å². The molecule has 0 spiro atoms. The zero-order valence-corrected chi connectivity index (χ0v) is 16.1. The van der Waals surface area contributed by atoms with Crippen LogP contribution in [0.25, 0.3) is 0 Å². The summed E-state index contributed by atoms with van der Waals surface area (Å²) in [6, 6.07) is 20.6. The molecule has 0 saturated carbocycles. The van der Waals surface area contributed by atoms with Crippen molar-refractivity contribution >= 4 is 21.6 Å². The SMILES string of the molecule is Cc1ccc(Sc2ccc(S(=O)(=O)c3ccc(C)c(C)c3)cc2)cc1. The molecule has 3 aromatic rings. The molecule has 2 nitrogen and oxygen atoms in total. The Labute approximate surface area is 153 Å². The van der Waals surface area contributed by atoms with Crippen LogP contribution in [-0.4, -0.2) is 8.42 Å². The quantitative estimate of drug-likeness (QED) is 0.601. The first kappa shape index (κ1) is 17.8. The highest BCUT2D eigenvalue weighted by atomic mass is 32.2. The monoisotopic (exact) mass is 368 g/mol. The molecule has 0 unspecified atom stereocenters. The van der Waals surface area contributed by atoms with E-state index in [1.165, 1.54) is 5.56 Å². The van der Waals surface area contributed by atoms with Gasteiger partial charge in [-0.2, -0.15) is 0 Å². The van der Waals surface area contributed by atoms with E-state index in [0.29, 0.717) is 9.79 Å². The fourth-order valence-corrected chi connectivity index (χ4v) is 4.61. The van der Waals surface area contributed by atoms with Crippen LogP contribution in [0.1, 0.15) is 16.7 Å². The van der Waals surface area contributed by atoms with Gasteiger partial charge >= 0.3 is 0 Å². The molecule has 0 bridgehead atoms. The second-order valence-corrected chi connectivity index (χ2v) is 9.23. The van der Waals surface area contributed by atoms with E-state index in [9.17, 15) is 8.42 Å². The van der Waals surface area contributed by atoms with Crippen LogP contribution in [0.3, 0.4) is 0 Å². The van der Waals surface area contributed by atoms with E-state index in [1.54, 1.807) is 36.0 Å². The van der Waals surface area contributed by atoms with Crippen molar-refractivity contribution in [3.05, 3.63) is 83.4 Å². The number of hydrogen-bond donors (Lipinski definition) is 0. The van der Waals surface area contributed by atoms with Crippen molar-refractivity contribution in [2.45, 2.75) is 40.4 Å². The number of benzene rings is 3. The molecular weight excluding hydrogens is 348 g/mol. The van der Waals surface area contributed by atoms with Gasteiger partial charge in [0.15, 0.2) is 0 Å². The van der Waals surface area contributed by atoms with Crippen molar-refractivity contribution in [3.8, 4) is 0 Å². The number of sulfone groups is 1. The lowest BCUT2D eigenvalue weighted by Gasteiger charge is -2.08. The van der Waals surface area contributed by atoms with Gasteiger partial charge in [-0.15, -0.1) is 0 Å². The van der Waals surface area contributed by atoms with Gasteiger partial charge in [-0.25, -0.2) is 8.42 Å². The average molecular weight is 369 g/mol. The van der Waals surface area contributed by atoms with E-state index in [-0.39, 0.29) is 0 Å². The smallest absolute Gasteiger partial charge is 0.206 e. The fraction of sp³-hybridized carbons (Fsp3) is 0.143. The number of rotatable bonds is 4. The largest absolute Gasteiger partial charge is 0.219 e. The molecule has 0 atom stereocenters. The molecule has 4 heteroatoms. The molecule has 0 N–H and O–H groups in total. The molecular formula is C21H20O2S2. The molecule has 128 valence electrons. The Morgan fingerprint density at radius 3 is 1.72 bits per heavy atom. The van der Waals surface area contributed by atoms with Gasteiger partial charge in [0.1, 0.15) is 0 Å². The van der Waals surface area contributed by atoms with Crippen LogP contribution in [-0.2, 0) is 9.84 Å². The Hall–Kier alpha value is -2.04. The maximum atomic E-state index is 12.8. The molecule has 0 aliphatic heterocycles. The lowest BCUT2D eigenvalue weighted by molar-refractivity contribution is 0.596. The highest BCUT2D eigenvalue weighted by Gasteiger charge is 2.18. The van der Waals surface area contributed by atoms with Gasteiger partial charge in [-0.3, -0.25) is 0 Å². The van der Waals surface area contributed by atoms with Crippen molar-refractivity contribution in [1.29, 1.82) is 0 Å². The Balaban J connectivity index is 1.85. The molecule has 3 aromatic carbocycles. The molecule has 0 fully saturated rings. The molecule has 0 aromatic heterocycles. The van der Waals surface area contributed by atoms with Crippen LogP contribution in [0.2, 0.25) is 0 Å². The van der Waals surface area contributed by atoms with E-state index in [2.05, 4.69) is 31.2 Å². The normalized spacial score (nSPS) is 11.5. The summed E-state index contributed by atoms with van der Waals surface area (Å²) in [5.74, 6) is 0. The summed E-state index contributed by atoms with van der Waals surface area (Å²) in [6.45, 7) is 5.96. The zero-order valence-electron chi connectivity index (χ0n) is 14.5. The Morgan fingerprint density at radius 2 is 1.16 bits per heavy atom. The molecule has 0 amide bonds. The summed E-state index contributed by atoms with van der Waals surface area (Å²) in [6.07, 6.45) is 0. The van der Waals surface area contributed by atoms with Crippen molar-refractivity contribution in [3.63, 3.8) is 0 Å². The first-order valence-corrected chi connectivity index (χ1v) is 10.3. The van der Waals surface area contributed by atoms with Gasteiger partial charge < -0.3 is 0 Å². The molecule has 3 rings (SSSR count). The topological polar surface area (TPSA) is 34.1 Å². The zero-order chi connectivity index (χ0) is 18.0. The minimum absolute atomic E-state index is 0.323. The summed E-state index contributed by atoms with van der Waals surface area (Å²) in [4.78, 5) is 2.82. The Morgan fingerprint density at radius 1 is 0.640 bits per heavy atom. The van der Waals surface area contributed by atoms with Crippen LogP contribution in [0.4, 0.5) is 0 Å². The minimum atomic E-state index is -3.48. The second-order valence-electron chi connectivity index (χ2n) is 6.14.